The third kappa shape index (κ3) is 2.46. The lowest BCUT2D eigenvalue weighted by atomic mass is 10.1. The lowest BCUT2D eigenvalue weighted by Crippen LogP contribution is -2.27. The van der Waals surface area contributed by atoms with Crippen molar-refractivity contribution in [2.45, 2.75) is 13.3 Å². The summed E-state index contributed by atoms with van der Waals surface area (Å²) in [6.45, 7) is 1.94. The zero-order valence-electron chi connectivity index (χ0n) is 11.7. The summed E-state index contributed by atoms with van der Waals surface area (Å²) in [5.74, 6) is 0.688. The second kappa shape index (κ2) is 5.40. The van der Waals surface area contributed by atoms with E-state index in [2.05, 4.69) is 15.0 Å². The molecule has 8 nitrogen and oxygen atoms in total. The highest BCUT2D eigenvalue weighted by molar-refractivity contribution is 6.03. The van der Waals surface area contributed by atoms with Crippen molar-refractivity contribution >= 4 is 11.4 Å². The van der Waals surface area contributed by atoms with Gasteiger partial charge >= 0.3 is 5.69 Å². The molecule has 1 aromatic heterocycles. The molecule has 2 aromatic rings. The van der Waals surface area contributed by atoms with E-state index in [1.807, 2.05) is 0 Å². The molecule has 0 aliphatic carbocycles. The van der Waals surface area contributed by atoms with Crippen LogP contribution in [0.15, 0.2) is 32.8 Å². The minimum Gasteiger partial charge on any atom is -0.494 e. The molecule has 1 aliphatic rings. The molecule has 3 rings (SSSR count). The fraction of sp³-hybridized carbons (Fsp3) is 0.214. The Hall–Kier alpha value is -3.03. The lowest BCUT2D eigenvalue weighted by molar-refractivity contribution is 0.174. The van der Waals surface area contributed by atoms with Crippen LogP contribution in [0.1, 0.15) is 18.9 Å². The first kappa shape index (κ1) is 13.9. The highest BCUT2D eigenvalue weighted by Gasteiger charge is 2.16. The Balaban J connectivity index is 2.08. The number of ether oxygens (including phenoxy) is 2. The Morgan fingerprint density at radius 1 is 1.27 bits per heavy atom. The normalized spacial score (nSPS) is 13.4. The number of hydrogen-bond donors (Lipinski definition) is 3. The molecule has 2 heterocycles. The van der Waals surface area contributed by atoms with Gasteiger partial charge in [0.1, 0.15) is 5.56 Å². The minimum atomic E-state index is -0.773. The molecule has 0 saturated heterocycles. The minimum absolute atomic E-state index is 0.0558. The molecule has 0 radical (unpaired) electrons. The molecular formula is C14H13N3O5. The smallest absolute Gasteiger partial charge is 0.328 e. The molecule has 114 valence electrons. The van der Waals surface area contributed by atoms with Gasteiger partial charge in [-0.05, 0) is 18.6 Å². The first-order chi connectivity index (χ1) is 10.6. The SMILES string of the molecule is CCC(=Nc1ccc2c(c1)OCO2)c1c(O)[nH]c(=O)[nH]c1=O. The van der Waals surface area contributed by atoms with E-state index < -0.39 is 17.1 Å². The van der Waals surface area contributed by atoms with Crippen LogP contribution >= 0.6 is 0 Å². The van der Waals surface area contributed by atoms with Crippen molar-refractivity contribution in [2.75, 3.05) is 6.79 Å². The van der Waals surface area contributed by atoms with Crippen molar-refractivity contribution in [1.82, 2.24) is 9.97 Å². The highest BCUT2D eigenvalue weighted by atomic mass is 16.7. The number of H-pyrrole nitrogens is 2. The molecule has 0 saturated carbocycles. The Labute approximate surface area is 124 Å². The first-order valence-corrected chi connectivity index (χ1v) is 6.61. The van der Waals surface area contributed by atoms with E-state index in [4.69, 9.17) is 9.47 Å². The fourth-order valence-electron chi connectivity index (χ4n) is 2.16. The first-order valence-electron chi connectivity index (χ1n) is 6.61. The number of rotatable bonds is 3. The van der Waals surface area contributed by atoms with Crippen LogP contribution in [0.25, 0.3) is 0 Å². The number of nitrogens with one attached hydrogen (secondary N) is 2. The molecule has 0 fully saturated rings. The molecule has 0 atom stereocenters. The maximum Gasteiger partial charge on any atom is 0.328 e. The summed E-state index contributed by atoms with van der Waals surface area (Å²) >= 11 is 0. The second-order valence-corrected chi connectivity index (χ2v) is 4.58. The predicted molar refractivity (Wildman–Crippen MR) is 78.4 cm³/mol. The van der Waals surface area contributed by atoms with E-state index in [9.17, 15) is 14.7 Å². The number of hydrogen-bond acceptors (Lipinski definition) is 6. The van der Waals surface area contributed by atoms with Gasteiger partial charge in [-0.1, -0.05) is 6.92 Å². The highest BCUT2D eigenvalue weighted by Crippen LogP contribution is 2.35. The van der Waals surface area contributed by atoms with Gasteiger partial charge in [0.05, 0.1) is 11.4 Å². The van der Waals surface area contributed by atoms with E-state index in [-0.39, 0.29) is 12.4 Å². The average molecular weight is 303 g/mol. The van der Waals surface area contributed by atoms with Crippen LogP contribution in [0.3, 0.4) is 0 Å². The number of fused-ring (bicyclic) bond motifs is 1. The quantitative estimate of drug-likeness (QED) is 0.732. The van der Waals surface area contributed by atoms with Crippen molar-refractivity contribution in [3.63, 3.8) is 0 Å². The summed E-state index contributed by atoms with van der Waals surface area (Å²) in [5, 5.41) is 9.81. The second-order valence-electron chi connectivity index (χ2n) is 4.58. The van der Waals surface area contributed by atoms with Gasteiger partial charge < -0.3 is 14.6 Å². The Morgan fingerprint density at radius 3 is 2.77 bits per heavy atom. The van der Waals surface area contributed by atoms with Gasteiger partial charge in [-0.2, -0.15) is 0 Å². The van der Waals surface area contributed by atoms with E-state index in [0.717, 1.165) is 0 Å². The molecule has 8 heteroatoms. The molecule has 0 spiro atoms. The van der Waals surface area contributed by atoms with E-state index >= 15 is 0 Å². The van der Waals surface area contributed by atoms with Crippen LogP contribution in [-0.4, -0.2) is 27.6 Å². The molecule has 1 aliphatic heterocycles. The maximum atomic E-state index is 11.9. The molecule has 22 heavy (non-hydrogen) atoms. The monoisotopic (exact) mass is 303 g/mol. The van der Waals surface area contributed by atoms with E-state index in [1.54, 1.807) is 25.1 Å². The number of aromatic amines is 2. The van der Waals surface area contributed by atoms with Gasteiger partial charge in [0.2, 0.25) is 12.7 Å². The van der Waals surface area contributed by atoms with Crippen LogP contribution < -0.4 is 20.7 Å². The van der Waals surface area contributed by atoms with Gasteiger partial charge in [-0.3, -0.25) is 19.8 Å². The summed E-state index contributed by atoms with van der Waals surface area (Å²) in [6.07, 6.45) is 0.386. The summed E-state index contributed by atoms with van der Waals surface area (Å²) in [7, 11) is 0. The zero-order valence-corrected chi connectivity index (χ0v) is 11.7. The zero-order chi connectivity index (χ0) is 15.7. The van der Waals surface area contributed by atoms with Gasteiger partial charge in [-0.15, -0.1) is 0 Å². The Morgan fingerprint density at radius 2 is 2.05 bits per heavy atom. The van der Waals surface area contributed by atoms with Crippen LogP contribution in [0.2, 0.25) is 0 Å². The topological polar surface area (TPSA) is 117 Å². The average Bonchev–Trinajstić information content (AvgIpc) is 2.92. The maximum absolute atomic E-state index is 11.9. The Kier molecular flexibility index (Phi) is 3.42. The molecular weight excluding hydrogens is 290 g/mol. The van der Waals surface area contributed by atoms with Crippen molar-refractivity contribution in [3.05, 3.63) is 44.6 Å². The number of nitrogens with zero attached hydrogens (tertiary/aromatic N) is 1. The van der Waals surface area contributed by atoms with Crippen molar-refractivity contribution in [3.8, 4) is 17.4 Å². The molecule has 0 unspecified atom stereocenters. The van der Waals surface area contributed by atoms with E-state index in [0.29, 0.717) is 29.3 Å². The van der Waals surface area contributed by atoms with Crippen molar-refractivity contribution in [2.24, 2.45) is 4.99 Å². The fourth-order valence-corrected chi connectivity index (χ4v) is 2.16. The molecule has 0 bridgehead atoms. The number of aromatic nitrogens is 2. The van der Waals surface area contributed by atoms with E-state index in [1.165, 1.54) is 0 Å². The van der Waals surface area contributed by atoms with Crippen molar-refractivity contribution in [1.29, 1.82) is 0 Å². The standard InChI is InChI=1S/C14H13N3O5/c1-2-8(11-12(18)16-14(20)17-13(11)19)15-7-3-4-9-10(5-7)22-6-21-9/h3-5H,2,6H2,1H3,(H3,16,17,18,19,20). The molecule has 1 aromatic carbocycles. The van der Waals surface area contributed by atoms with Crippen LogP contribution in [0.5, 0.6) is 17.4 Å². The Bertz CT molecular complexity index is 866. The van der Waals surface area contributed by atoms with Gasteiger partial charge in [-0.25, -0.2) is 4.79 Å². The van der Waals surface area contributed by atoms with Gasteiger partial charge in [0.15, 0.2) is 11.5 Å². The molecule has 3 N–H and O–H groups in total. The summed E-state index contributed by atoms with van der Waals surface area (Å²) < 4.78 is 10.5. The largest absolute Gasteiger partial charge is 0.494 e. The summed E-state index contributed by atoms with van der Waals surface area (Å²) in [5.41, 5.74) is -0.632. The third-order valence-corrected chi connectivity index (χ3v) is 3.17. The number of aliphatic imine (C=N–C) groups is 1. The third-order valence-electron chi connectivity index (χ3n) is 3.17. The predicted octanol–water partition coefficient (Wildman–Crippen LogP) is 1.03. The lowest BCUT2D eigenvalue weighted by Gasteiger charge is -2.05. The van der Waals surface area contributed by atoms with Crippen molar-refractivity contribution < 1.29 is 14.6 Å². The number of benzene rings is 1. The number of aromatic hydroxyl groups is 1. The molecule has 0 amide bonds. The van der Waals surface area contributed by atoms with Crippen LogP contribution in [-0.2, 0) is 0 Å². The van der Waals surface area contributed by atoms with Gasteiger partial charge in [0, 0.05) is 6.07 Å². The summed E-state index contributed by atoms with van der Waals surface area (Å²) in [4.78, 5) is 31.6. The van der Waals surface area contributed by atoms with Gasteiger partial charge in [0.25, 0.3) is 5.56 Å². The van der Waals surface area contributed by atoms with Crippen LogP contribution in [0.4, 0.5) is 5.69 Å². The van der Waals surface area contributed by atoms with Crippen LogP contribution in [0, 0.1) is 0 Å². The summed E-state index contributed by atoms with van der Waals surface area (Å²) in [6, 6.07) is 5.10.